The normalized spacial score (nSPS) is 20.2. The van der Waals surface area contributed by atoms with E-state index in [4.69, 9.17) is 0 Å². The van der Waals surface area contributed by atoms with Crippen LogP contribution in [-0.2, 0) is 0 Å². The Morgan fingerprint density at radius 2 is 1.91 bits per heavy atom. The van der Waals surface area contributed by atoms with Crippen molar-refractivity contribution in [2.75, 3.05) is 19.6 Å². The summed E-state index contributed by atoms with van der Waals surface area (Å²) in [5.74, 6) is 0.556. The summed E-state index contributed by atoms with van der Waals surface area (Å²) in [7, 11) is 0. The largest absolute Gasteiger partial charge is 0.392 e. The van der Waals surface area contributed by atoms with Crippen LogP contribution in [0.4, 0.5) is 0 Å². The number of fused-ring (bicyclic) bond motifs is 1. The first-order valence-electron chi connectivity index (χ1n) is 12.3. The molecule has 0 amide bonds. The average Bonchev–Trinajstić information content (AvgIpc) is 3.30. The monoisotopic (exact) mass is 446 g/mol. The number of hydrogen-bond donors (Lipinski definition) is 1. The van der Waals surface area contributed by atoms with Crippen LogP contribution in [0.5, 0.6) is 0 Å². The second-order valence-electron chi connectivity index (χ2n) is 9.46. The highest BCUT2D eigenvalue weighted by Gasteiger charge is 2.31. The standard InChI is InChI=1S/C28H34N2OS/c31-28(22-8-2-1-3-9-22)24(26-11-6-7-16-29-26)15-19-30-17-13-21(14-18-30)25-20-32-27-12-5-4-10-23(25)27/h4-7,10-13,16,20,22,24,28,31H,1-3,8-9,14-15,17-19H2. The van der Waals surface area contributed by atoms with Gasteiger partial charge in [-0.25, -0.2) is 0 Å². The summed E-state index contributed by atoms with van der Waals surface area (Å²) >= 11 is 1.85. The molecule has 4 heteroatoms. The van der Waals surface area contributed by atoms with Gasteiger partial charge >= 0.3 is 0 Å². The average molecular weight is 447 g/mol. The minimum atomic E-state index is -0.279. The summed E-state index contributed by atoms with van der Waals surface area (Å²) in [4.78, 5) is 7.19. The first-order chi connectivity index (χ1) is 15.8. The third kappa shape index (κ3) is 4.83. The maximum Gasteiger partial charge on any atom is 0.0652 e. The fraction of sp³-hybridized carbons (Fsp3) is 0.464. The van der Waals surface area contributed by atoms with Crippen molar-refractivity contribution in [3.05, 3.63) is 71.4 Å². The van der Waals surface area contributed by atoms with Crippen LogP contribution < -0.4 is 0 Å². The number of pyridine rings is 1. The molecule has 1 saturated carbocycles. The van der Waals surface area contributed by atoms with E-state index in [1.807, 2.05) is 23.6 Å². The van der Waals surface area contributed by atoms with Crippen molar-refractivity contribution < 1.29 is 5.11 Å². The molecule has 0 saturated heterocycles. The van der Waals surface area contributed by atoms with E-state index in [0.29, 0.717) is 5.92 Å². The van der Waals surface area contributed by atoms with Crippen LogP contribution >= 0.6 is 11.3 Å². The molecule has 3 aromatic rings. The third-order valence-corrected chi connectivity index (χ3v) is 8.45. The van der Waals surface area contributed by atoms with Gasteiger partial charge in [-0.2, -0.15) is 0 Å². The zero-order valence-electron chi connectivity index (χ0n) is 18.8. The minimum Gasteiger partial charge on any atom is -0.392 e. The van der Waals surface area contributed by atoms with Crippen LogP contribution in [0.2, 0.25) is 0 Å². The van der Waals surface area contributed by atoms with Crippen molar-refractivity contribution in [1.82, 2.24) is 9.88 Å². The van der Waals surface area contributed by atoms with Gasteiger partial charge in [0.25, 0.3) is 0 Å². The zero-order chi connectivity index (χ0) is 21.8. The molecule has 2 aromatic heterocycles. The van der Waals surface area contributed by atoms with Gasteiger partial charge in [0.05, 0.1) is 6.10 Å². The number of aliphatic hydroxyl groups excluding tert-OH is 1. The molecule has 5 rings (SSSR count). The Hall–Kier alpha value is -2.01. The van der Waals surface area contributed by atoms with Crippen LogP contribution in [0.25, 0.3) is 15.7 Å². The predicted molar refractivity (Wildman–Crippen MR) is 135 cm³/mol. The summed E-state index contributed by atoms with van der Waals surface area (Å²) in [6, 6.07) is 14.9. The Labute approximate surface area is 195 Å². The van der Waals surface area contributed by atoms with Crippen molar-refractivity contribution >= 4 is 27.0 Å². The number of rotatable bonds is 7. The third-order valence-electron chi connectivity index (χ3n) is 7.49. The van der Waals surface area contributed by atoms with Gasteiger partial charge in [0.15, 0.2) is 0 Å². The van der Waals surface area contributed by atoms with Gasteiger partial charge in [0.1, 0.15) is 0 Å². The topological polar surface area (TPSA) is 36.4 Å². The smallest absolute Gasteiger partial charge is 0.0652 e. The number of thiophene rings is 1. The molecule has 32 heavy (non-hydrogen) atoms. The van der Waals surface area contributed by atoms with Crippen LogP contribution in [0.3, 0.4) is 0 Å². The molecule has 0 spiro atoms. The van der Waals surface area contributed by atoms with Gasteiger partial charge in [-0.05, 0) is 78.2 Å². The molecule has 3 heterocycles. The Balaban J connectivity index is 1.25. The molecule has 1 aromatic carbocycles. The highest BCUT2D eigenvalue weighted by atomic mass is 32.1. The fourth-order valence-electron chi connectivity index (χ4n) is 5.60. The first kappa shape index (κ1) is 21.8. The molecule has 168 valence electrons. The van der Waals surface area contributed by atoms with E-state index in [2.05, 4.69) is 57.7 Å². The van der Waals surface area contributed by atoms with Gasteiger partial charge in [0.2, 0.25) is 0 Å². The van der Waals surface area contributed by atoms with Gasteiger partial charge in [-0.3, -0.25) is 9.88 Å². The van der Waals surface area contributed by atoms with E-state index in [1.54, 1.807) is 0 Å². The molecule has 1 N–H and O–H groups in total. The summed E-state index contributed by atoms with van der Waals surface area (Å²) in [5.41, 5.74) is 3.97. The quantitative estimate of drug-likeness (QED) is 0.450. The van der Waals surface area contributed by atoms with Crippen molar-refractivity contribution in [3.8, 4) is 0 Å². The second-order valence-corrected chi connectivity index (χ2v) is 10.4. The fourth-order valence-corrected chi connectivity index (χ4v) is 6.59. The van der Waals surface area contributed by atoms with E-state index in [9.17, 15) is 5.11 Å². The first-order valence-corrected chi connectivity index (χ1v) is 13.1. The lowest BCUT2D eigenvalue weighted by Gasteiger charge is -2.34. The van der Waals surface area contributed by atoms with Crippen molar-refractivity contribution in [2.45, 2.75) is 57.0 Å². The number of nitrogens with zero attached hydrogens (tertiary/aromatic N) is 2. The van der Waals surface area contributed by atoms with Crippen molar-refractivity contribution in [3.63, 3.8) is 0 Å². The number of aromatic nitrogens is 1. The molecular formula is C28H34N2OS. The van der Waals surface area contributed by atoms with E-state index in [1.165, 1.54) is 40.5 Å². The zero-order valence-corrected chi connectivity index (χ0v) is 19.6. The van der Waals surface area contributed by atoms with E-state index in [0.717, 1.165) is 51.0 Å². The highest BCUT2D eigenvalue weighted by molar-refractivity contribution is 7.17. The summed E-state index contributed by atoms with van der Waals surface area (Å²) in [5, 5.41) is 15.0. The molecule has 2 aliphatic rings. The van der Waals surface area contributed by atoms with Gasteiger partial charge in [-0.15, -0.1) is 11.3 Å². The molecule has 0 bridgehead atoms. The number of benzene rings is 1. The summed E-state index contributed by atoms with van der Waals surface area (Å²) in [6.07, 6.45) is 12.2. The Morgan fingerprint density at radius 3 is 2.69 bits per heavy atom. The Morgan fingerprint density at radius 1 is 1.06 bits per heavy atom. The highest BCUT2D eigenvalue weighted by Crippen LogP contribution is 2.36. The number of hydrogen-bond acceptors (Lipinski definition) is 4. The van der Waals surface area contributed by atoms with E-state index < -0.39 is 0 Å². The van der Waals surface area contributed by atoms with Crippen LogP contribution in [0, 0.1) is 5.92 Å². The van der Waals surface area contributed by atoms with E-state index in [-0.39, 0.29) is 12.0 Å². The van der Waals surface area contributed by atoms with Gasteiger partial charge in [0, 0.05) is 35.6 Å². The lowest BCUT2D eigenvalue weighted by Crippen LogP contribution is -2.35. The molecule has 1 aliphatic heterocycles. The molecule has 1 aliphatic carbocycles. The maximum atomic E-state index is 11.3. The van der Waals surface area contributed by atoms with Gasteiger partial charge < -0.3 is 5.11 Å². The van der Waals surface area contributed by atoms with Crippen LogP contribution in [0.1, 0.15) is 62.1 Å². The summed E-state index contributed by atoms with van der Waals surface area (Å²) in [6.45, 7) is 3.09. The number of aliphatic hydroxyl groups is 1. The second kappa shape index (κ2) is 10.3. The lowest BCUT2D eigenvalue weighted by atomic mass is 9.78. The maximum absolute atomic E-state index is 11.3. The molecule has 2 atom stereocenters. The lowest BCUT2D eigenvalue weighted by molar-refractivity contribution is 0.0530. The molecule has 3 nitrogen and oxygen atoms in total. The predicted octanol–water partition coefficient (Wildman–Crippen LogP) is 6.50. The Bertz CT molecular complexity index is 1040. The molecule has 2 unspecified atom stereocenters. The molecular weight excluding hydrogens is 412 g/mol. The SMILES string of the molecule is OC(C1CCCCC1)C(CCN1CC=C(c2csc3ccccc23)CC1)c1ccccn1. The van der Waals surface area contributed by atoms with Crippen LogP contribution in [0.15, 0.2) is 60.1 Å². The van der Waals surface area contributed by atoms with Crippen molar-refractivity contribution in [2.24, 2.45) is 5.92 Å². The summed E-state index contributed by atoms with van der Waals surface area (Å²) < 4.78 is 1.38. The molecule has 0 radical (unpaired) electrons. The van der Waals surface area contributed by atoms with E-state index >= 15 is 0 Å². The van der Waals surface area contributed by atoms with Crippen LogP contribution in [-0.4, -0.2) is 40.7 Å². The molecule has 1 fully saturated rings. The Kier molecular flexibility index (Phi) is 7.01. The van der Waals surface area contributed by atoms with Crippen molar-refractivity contribution in [1.29, 1.82) is 0 Å². The minimum absolute atomic E-state index is 0.130. The van der Waals surface area contributed by atoms with Gasteiger partial charge in [-0.1, -0.05) is 49.6 Å².